The number of aliphatic hydroxyl groups excluding tert-OH is 1. The second-order valence-corrected chi connectivity index (χ2v) is 6.63. The quantitative estimate of drug-likeness (QED) is 0.883. The summed E-state index contributed by atoms with van der Waals surface area (Å²) in [5.74, 6) is 0. The molecule has 2 aromatic rings. The van der Waals surface area contributed by atoms with E-state index in [-0.39, 0.29) is 11.5 Å². The van der Waals surface area contributed by atoms with E-state index in [0.717, 1.165) is 0 Å². The van der Waals surface area contributed by atoms with E-state index in [9.17, 15) is 8.42 Å². The van der Waals surface area contributed by atoms with E-state index >= 15 is 0 Å². The van der Waals surface area contributed by atoms with Crippen LogP contribution in [-0.4, -0.2) is 18.5 Å². The zero-order valence-electron chi connectivity index (χ0n) is 11.3. The maximum atomic E-state index is 12.3. The Bertz CT molecular complexity index is 720. The van der Waals surface area contributed by atoms with E-state index in [1.54, 1.807) is 31.3 Å². The molecule has 2 N–H and O–H groups in total. The van der Waals surface area contributed by atoms with Crippen LogP contribution in [0.5, 0.6) is 0 Å². The fraction of sp³-hybridized carbons (Fsp3) is 0.214. The molecule has 5 nitrogen and oxygen atoms in total. The van der Waals surface area contributed by atoms with Crippen LogP contribution in [0.3, 0.4) is 0 Å². The molecule has 0 amide bonds. The van der Waals surface area contributed by atoms with Crippen LogP contribution in [0.1, 0.15) is 24.2 Å². The third-order valence-electron chi connectivity index (χ3n) is 2.96. The molecule has 7 heteroatoms. The Labute approximate surface area is 128 Å². The molecule has 1 aromatic heterocycles. The van der Waals surface area contributed by atoms with Crippen molar-refractivity contribution in [3.8, 4) is 0 Å². The number of rotatable bonds is 5. The topological polar surface area (TPSA) is 79.3 Å². The van der Waals surface area contributed by atoms with Crippen LogP contribution >= 0.6 is 11.6 Å². The van der Waals surface area contributed by atoms with E-state index in [2.05, 4.69) is 9.71 Å². The number of halogens is 1. The minimum atomic E-state index is -3.72. The molecule has 0 saturated carbocycles. The molecular formula is C14H15ClN2O3S. The largest absolute Gasteiger partial charge is 0.392 e. The van der Waals surface area contributed by atoms with Crippen molar-refractivity contribution in [2.45, 2.75) is 24.5 Å². The summed E-state index contributed by atoms with van der Waals surface area (Å²) in [6.07, 6.45) is 1.60. The number of hydrogen-bond acceptors (Lipinski definition) is 4. The Hall–Kier alpha value is -1.47. The molecule has 0 aliphatic heterocycles. The van der Waals surface area contributed by atoms with E-state index in [0.29, 0.717) is 16.3 Å². The van der Waals surface area contributed by atoms with Crippen molar-refractivity contribution in [2.75, 3.05) is 0 Å². The summed E-state index contributed by atoms with van der Waals surface area (Å²) < 4.78 is 27.2. The van der Waals surface area contributed by atoms with Crippen LogP contribution < -0.4 is 4.72 Å². The Kier molecular flexibility index (Phi) is 4.95. The number of benzene rings is 1. The van der Waals surface area contributed by atoms with Gasteiger partial charge in [-0.25, -0.2) is 13.1 Å². The van der Waals surface area contributed by atoms with Crippen LogP contribution in [-0.2, 0) is 16.6 Å². The van der Waals surface area contributed by atoms with Crippen molar-refractivity contribution in [3.05, 3.63) is 58.9 Å². The Morgan fingerprint density at radius 3 is 2.71 bits per heavy atom. The van der Waals surface area contributed by atoms with Gasteiger partial charge in [0.2, 0.25) is 10.0 Å². The second-order valence-electron chi connectivity index (χ2n) is 4.51. The number of hydrogen-bond donors (Lipinski definition) is 2. The Morgan fingerprint density at radius 2 is 2.10 bits per heavy atom. The normalized spacial score (nSPS) is 13.1. The summed E-state index contributed by atoms with van der Waals surface area (Å²) in [6, 6.07) is 9.03. The Morgan fingerprint density at radius 1 is 1.33 bits per heavy atom. The van der Waals surface area contributed by atoms with Crippen molar-refractivity contribution in [2.24, 2.45) is 0 Å². The molecule has 1 heterocycles. The van der Waals surface area contributed by atoms with Gasteiger partial charge in [0.25, 0.3) is 0 Å². The summed E-state index contributed by atoms with van der Waals surface area (Å²) >= 11 is 5.86. The molecule has 1 unspecified atom stereocenters. The SMILES string of the molecule is CC(NS(=O)(=O)c1ccc(Cl)c(CO)c1)c1ccccn1. The van der Waals surface area contributed by atoms with E-state index < -0.39 is 16.1 Å². The van der Waals surface area contributed by atoms with Crippen LogP contribution in [0, 0.1) is 0 Å². The highest BCUT2D eigenvalue weighted by atomic mass is 35.5. The molecule has 1 aromatic carbocycles. The average Bonchev–Trinajstić information content (AvgIpc) is 2.48. The molecule has 0 bridgehead atoms. The highest BCUT2D eigenvalue weighted by molar-refractivity contribution is 7.89. The summed E-state index contributed by atoms with van der Waals surface area (Å²) in [5.41, 5.74) is 0.988. The van der Waals surface area contributed by atoms with Gasteiger partial charge in [-0.3, -0.25) is 4.98 Å². The minimum absolute atomic E-state index is 0.0544. The monoisotopic (exact) mass is 326 g/mol. The third-order valence-corrected chi connectivity index (χ3v) is 4.87. The molecular weight excluding hydrogens is 312 g/mol. The first-order chi connectivity index (χ1) is 9.94. The fourth-order valence-corrected chi connectivity index (χ4v) is 3.28. The number of aromatic nitrogens is 1. The van der Waals surface area contributed by atoms with Crippen molar-refractivity contribution in [3.63, 3.8) is 0 Å². The number of nitrogens with zero attached hydrogens (tertiary/aromatic N) is 1. The first-order valence-corrected chi connectivity index (χ1v) is 8.12. The van der Waals surface area contributed by atoms with Crippen LogP contribution in [0.25, 0.3) is 0 Å². The molecule has 2 rings (SSSR count). The van der Waals surface area contributed by atoms with Gasteiger partial charge in [-0.15, -0.1) is 0 Å². The van der Waals surface area contributed by atoms with Gasteiger partial charge in [0, 0.05) is 11.2 Å². The lowest BCUT2D eigenvalue weighted by atomic mass is 10.2. The van der Waals surface area contributed by atoms with Crippen molar-refractivity contribution in [1.82, 2.24) is 9.71 Å². The lowest BCUT2D eigenvalue weighted by Gasteiger charge is -2.14. The van der Waals surface area contributed by atoms with Gasteiger partial charge in [-0.1, -0.05) is 17.7 Å². The van der Waals surface area contributed by atoms with Crippen molar-refractivity contribution in [1.29, 1.82) is 0 Å². The molecule has 0 aliphatic carbocycles. The van der Waals surface area contributed by atoms with Gasteiger partial charge in [0.1, 0.15) is 0 Å². The lowest BCUT2D eigenvalue weighted by Crippen LogP contribution is -2.27. The van der Waals surface area contributed by atoms with Crippen molar-refractivity contribution < 1.29 is 13.5 Å². The molecule has 0 saturated heterocycles. The summed E-state index contributed by atoms with van der Waals surface area (Å²) in [5, 5.41) is 9.49. The van der Waals surface area contributed by atoms with Crippen LogP contribution in [0.15, 0.2) is 47.5 Å². The van der Waals surface area contributed by atoms with Gasteiger partial charge < -0.3 is 5.11 Å². The average molecular weight is 327 g/mol. The summed E-state index contributed by atoms with van der Waals surface area (Å²) in [6.45, 7) is 1.39. The van der Waals surface area contributed by atoms with Gasteiger partial charge in [0.15, 0.2) is 0 Å². The molecule has 1 atom stereocenters. The highest BCUT2D eigenvalue weighted by Crippen LogP contribution is 2.22. The highest BCUT2D eigenvalue weighted by Gasteiger charge is 2.19. The van der Waals surface area contributed by atoms with Gasteiger partial charge in [-0.2, -0.15) is 0 Å². The zero-order chi connectivity index (χ0) is 15.5. The maximum absolute atomic E-state index is 12.3. The van der Waals surface area contributed by atoms with E-state index in [4.69, 9.17) is 16.7 Å². The summed E-state index contributed by atoms with van der Waals surface area (Å²) in [7, 11) is -3.72. The lowest BCUT2D eigenvalue weighted by molar-refractivity contribution is 0.281. The van der Waals surface area contributed by atoms with Crippen LogP contribution in [0.4, 0.5) is 0 Å². The number of pyridine rings is 1. The zero-order valence-corrected chi connectivity index (χ0v) is 12.9. The minimum Gasteiger partial charge on any atom is -0.392 e. The maximum Gasteiger partial charge on any atom is 0.241 e. The third kappa shape index (κ3) is 3.79. The van der Waals surface area contributed by atoms with Crippen molar-refractivity contribution >= 4 is 21.6 Å². The first-order valence-electron chi connectivity index (χ1n) is 6.26. The molecule has 0 aliphatic rings. The fourth-order valence-electron chi connectivity index (χ4n) is 1.83. The van der Waals surface area contributed by atoms with Gasteiger partial charge in [-0.05, 0) is 42.8 Å². The molecule has 0 radical (unpaired) electrons. The van der Waals surface area contributed by atoms with E-state index in [1.165, 1.54) is 18.2 Å². The molecule has 112 valence electrons. The Balaban J connectivity index is 2.26. The van der Waals surface area contributed by atoms with Gasteiger partial charge in [0.05, 0.1) is 23.2 Å². The van der Waals surface area contributed by atoms with Crippen LogP contribution in [0.2, 0.25) is 5.02 Å². The molecule has 0 spiro atoms. The number of nitrogens with one attached hydrogen (secondary N) is 1. The predicted octanol–water partition coefficient (Wildman–Crippen LogP) is 2.27. The predicted molar refractivity (Wildman–Crippen MR) is 80.3 cm³/mol. The van der Waals surface area contributed by atoms with Gasteiger partial charge >= 0.3 is 0 Å². The standard InChI is InChI=1S/C14H15ClN2O3S/c1-10(14-4-2-3-7-16-14)17-21(19,20)12-5-6-13(15)11(8-12)9-18/h2-8,10,17-18H,9H2,1H3. The number of aliphatic hydroxyl groups is 1. The van der Waals surface area contributed by atoms with E-state index in [1.807, 2.05) is 0 Å². The first kappa shape index (κ1) is 15.9. The summed E-state index contributed by atoms with van der Waals surface area (Å²) in [4.78, 5) is 4.17. The second kappa shape index (κ2) is 6.53. The smallest absolute Gasteiger partial charge is 0.241 e. The molecule has 0 fully saturated rings. The number of sulfonamides is 1. The molecule has 21 heavy (non-hydrogen) atoms.